The highest BCUT2D eigenvalue weighted by Crippen LogP contribution is 2.28. The first-order chi connectivity index (χ1) is 11.3. The quantitative estimate of drug-likeness (QED) is 0.598. The van der Waals surface area contributed by atoms with Crippen LogP contribution in [0.3, 0.4) is 0 Å². The van der Waals surface area contributed by atoms with Gasteiger partial charge in [0.1, 0.15) is 5.78 Å². The van der Waals surface area contributed by atoms with Crippen LogP contribution in [-0.4, -0.2) is 25.2 Å². The Balaban J connectivity index is 2.11. The summed E-state index contributed by atoms with van der Waals surface area (Å²) in [5, 5.41) is 10.6. The summed E-state index contributed by atoms with van der Waals surface area (Å²) in [6.07, 6.45) is 5.96. The number of hydrogen-bond donors (Lipinski definition) is 1. The largest absolute Gasteiger partial charge is 0.298 e. The molecule has 0 aliphatic heterocycles. The Hall–Kier alpha value is -1.80. The zero-order valence-electron chi connectivity index (χ0n) is 13.6. The molecule has 1 N–H and O–H groups in total. The van der Waals surface area contributed by atoms with Gasteiger partial charge in [-0.15, -0.1) is 0 Å². The number of sulfonamides is 1. The molecule has 1 saturated carbocycles. The zero-order valence-corrected chi connectivity index (χ0v) is 14.4. The maximum Gasteiger partial charge on any atom is 0.269 e. The lowest BCUT2D eigenvalue weighted by Crippen LogP contribution is -2.41. The van der Waals surface area contributed by atoms with E-state index in [2.05, 4.69) is 4.72 Å². The highest BCUT2D eigenvalue weighted by Gasteiger charge is 2.27. The molecule has 1 aliphatic rings. The predicted molar refractivity (Wildman–Crippen MR) is 89.1 cm³/mol. The second kappa shape index (κ2) is 7.85. The van der Waals surface area contributed by atoms with Gasteiger partial charge >= 0.3 is 0 Å². The molecule has 24 heavy (non-hydrogen) atoms. The van der Waals surface area contributed by atoms with E-state index in [0.717, 1.165) is 37.8 Å². The van der Waals surface area contributed by atoms with E-state index in [1.165, 1.54) is 25.5 Å². The van der Waals surface area contributed by atoms with Crippen LogP contribution in [0, 0.1) is 16.0 Å². The van der Waals surface area contributed by atoms with Gasteiger partial charge in [0.15, 0.2) is 0 Å². The summed E-state index contributed by atoms with van der Waals surface area (Å²) in [7, 11) is -3.89. The van der Waals surface area contributed by atoms with E-state index >= 15 is 0 Å². The number of nitrogens with one attached hydrogen (secondary N) is 1. The zero-order chi connectivity index (χ0) is 17.7. The van der Waals surface area contributed by atoms with Gasteiger partial charge in [-0.2, -0.15) is 0 Å². The molecule has 0 amide bonds. The number of hydrogen-bond acceptors (Lipinski definition) is 5. The number of non-ortho nitro benzene ring substituents is 1. The lowest BCUT2D eigenvalue weighted by Gasteiger charge is -2.25. The van der Waals surface area contributed by atoms with E-state index in [1.54, 1.807) is 0 Å². The van der Waals surface area contributed by atoms with Crippen molar-refractivity contribution in [3.63, 3.8) is 0 Å². The lowest BCUT2D eigenvalue weighted by molar-refractivity contribution is -0.384. The fourth-order valence-electron chi connectivity index (χ4n) is 3.06. The summed E-state index contributed by atoms with van der Waals surface area (Å²) >= 11 is 0. The average molecular weight is 354 g/mol. The Morgan fingerprint density at radius 3 is 2.33 bits per heavy atom. The third-order valence-corrected chi connectivity index (χ3v) is 5.93. The average Bonchev–Trinajstić information content (AvgIpc) is 2.55. The van der Waals surface area contributed by atoms with Gasteiger partial charge in [-0.1, -0.05) is 32.1 Å². The minimum atomic E-state index is -3.89. The number of Topliss-reactive ketones (excluding diaryl/α,β-unsaturated/α-hetero) is 1. The summed E-state index contributed by atoms with van der Waals surface area (Å²) < 4.78 is 27.3. The second-order valence-corrected chi connectivity index (χ2v) is 7.99. The first-order valence-corrected chi connectivity index (χ1v) is 9.55. The summed E-state index contributed by atoms with van der Waals surface area (Å²) in [6, 6.07) is 3.88. The molecular formula is C16H22N2O5S. The summed E-state index contributed by atoms with van der Waals surface area (Å²) in [5.74, 6) is 0.137. The van der Waals surface area contributed by atoms with E-state index < -0.39 is 21.0 Å². The first-order valence-electron chi connectivity index (χ1n) is 8.07. The van der Waals surface area contributed by atoms with Gasteiger partial charge in [-0.3, -0.25) is 14.9 Å². The normalized spacial score (nSPS) is 17.4. The molecule has 132 valence electrons. The van der Waals surface area contributed by atoms with Gasteiger partial charge in [-0.25, -0.2) is 13.1 Å². The third-order valence-electron chi connectivity index (χ3n) is 4.44. The maximum absolute atomic E-state index is 12.4. The molecule has 1 atom stereocenters. The topological polar surface area (TPSA) is 106 Å². The van der Waals surface area contributed by atoms with Crippen molar-refractivity contribution in [3.8, 4) is 0 Å². The molecule has 0 radical (unpaired) electrons. The highest BCUT2D eigenvalue weighted by atomic mass is 32.2. The number of rotatable bonds is 7. The molecule has 1 fully saturated rings. The van der Waals surface area contributed by atoms with E-state index in [9.17, 15) is 23.3 Å². The number of nitro groups is 1. The lowest BCUT2D eigenvalue weighted by atomic mass is 9.84. The van der Waals surface area contributed by atoms with Crippen LogP contribution < -0.4 is 4.72 Å². The molecule has 0 heterocycles. The molecule has 1 aromatic rings. The highest BCUT2D eigenvalue weighted by molar-refractivity contribution is 7.89. The van der Waals surface area contributed by atoms with Crippen molar-refractivity contribution in [2.45, 2.75) is 56.4 Å². The van der Waals surface area contributed by atoms with Crippen LogP contribution in [0.4, 0.5) is 5.69 Å². The van der Waals surface area contributed by atoms with Gasteiger partial charge < -0.3 is 0 Å². The number of carbonyl (C=O) groups excluding carboxylic acids is 1. The Kier molecular flexibility index (Phi) is 6.06. The fraction of sp³-hybridized carbons (Fsp3) is 0.562. The molecule has 8 heteroatoms. The number of carbonyl (C=O) groups is 1. The molecule has 0 spiro atoms. The minimum Gasteiger partial charge on any atom is -0.298 e. The number of nitrogens with zero attached hydrogens (tertiary/aromatic N) is 1. The molecule has 7 nitrogen and oxygen atoms in total. The van der Waals surface area contributed by atoms with Gasteiger partial charge in [0.2, 0.25) is 10.0 Å². The molecule has 2 rings (SSSR count). The van der Waals surface area contributed by atoms with Crippen molar-refractivity contribution in [3.05, 3.63) is 34.4 Å². The van der Waals surface area contributed by atoms with Crippen molar-refractivity contribution in [1.82, 2.24) is 4.72 Å². The van der Waals surface area contributed by atoms with Crippen LogP contribution in [0.1, 0.15) is 45.4 Å². The predicted octanol–water partition coefficient (Wildman–Crippen LogP) is 2.80. The van der Waals surface area contributed by atoms with E-state index in [4.69, 9.17) is 0 Å². The van der Waals surface area contributed by atoms with Crippen LogP contribution in [0.2, 0.25) is 0 Å². The molecule has 1 aliphatic carbocycles. The van der Waals surface area contributed by atoms with Crippen molar-refractivity contribution < 1.29 is 18.1 Å². The summed E-state index contributed by atoms with van der Waals surface area (Å²) in [6.45, 7) is 1.38. The van der Waals surface area contributed by atoms with Crippen LogP contribution in [-0.2, 0) is 14.8 Å². The molecule has 1 aromatic carbocycles. The van der Waals surface area contributed by atoms with Gasteiger partial charge in [0.25, 0.3) is 5.69 Å². The second-order valence-electron chi connectivity index (χ2n) is 6.28. The Bertz CT molecular complexity index is 694. The smallest absolute Gasteiger partial charge is 0.269 e. The van der Waals surface area contributed by atoms with Crippen LogP contribution in [0.25, 0.3) is 0 Å². The molecule has 0 bridgehead atoms. The van der Waals surface area contributed by atoms with Gasteiger partial charge in [0, 0.05) is 12.1 Å². The number of benzene rings is 1. The van der Waals surface area contributed by atoms with Crippen molar-refractivity contribution in [2.75, 3.05) is 0 Å². The fourth-order valence-corrected chi connectivity index (χ4v) is 4.32. The maximum atomic E-state index is 12.4. The van der Waals surface area contributed by atoms with Crippen LogP contribution in [0.15, 0.2) is 29.2 Å². The monoisotopic (exact) mass is 354 g/mol. The standard InChI is InChI=1S/C16H22N2O5S/c1-12(19)16(11-13-5-3-2-4-6-13)17-24(22,23)15-9-7-14(8-10-15)18(20)21/h7-10,13,16-17H,2-6,11H2,1H3/t16-/m1/s1. The summed E-state index contributed by atoms with van der Waals surface area (Å²) in [5.41, 5.74) is -0.181. The Morgan fingerprint density at radius 2 is 1.83 bits per heavy atom. The Morgan fingerprint density at radius 1 is 1.25 bits per heavy atom. The first kappa shape index (κ1) is 18.5. The third kappa shape index (κ3) is 4.85. The van der Waals surface area contributed by atoms with E-state index in [0.29, 0.717) is 12.3 Å². The number of nitro benzene ring substituents is 1. The van der Waals surface area contributed by atoms with Crippen LogP contribution in [0.5, 0.6) is 0 Å². The molecular weight excluding hydrogens is 332 g/mol. The molecule has 0 saturated heterocycles. The molecule has 0 aromatic heterocycles. The van der Waals surface area contributed by atoms with Crippen molar-refractivity contribution in [1.29, 1.82) is 0 Å². The van der Waals surface area contributed by atoms with Crippen molar-refractivity contribution >= 4 is 21.5 Å². The minimum absolute atomic E-state index is 0.0806. The van der Waals surface area contributed by atoms with Crippen LogP contribution >= 0.6 is 0 Å². The van der Waals surface area contributed by atoms with E-state index in [1.807, 2.05) is 0 Å². The van der Waals surface area contributed by atoms with Gasteiger partial charge in [0.05, 0.1) is 15.9 Å². The Labute approximate surface area is 141 Å². The van der Waals surface area contributed by atoms with E-state index in [-0.39, 0.29) is 16.4 Å². The van der Waals surface area contributed by atoms with Crippen molar-refractivity contribution in [2.24, 2.45) is 5.92 Å². The SMILES string of the molecule is CC(=O)[C@@H](CC1CCCCC1)NS(=O)(=O)c1ccc([N+](=O)[O-])cc1. The van der Waals surface area contributed by atoms with Gasteiger partial charge in [-0.05, 0) is 31.4 Å². The number of ketones is 1. The molecule has 0 unspecified atom stereocenters. The summed E-state index contributed by atoms with van der Waals surface area (Å²) in [4.78, 5) is 21.8.